The predicted molar refractivity (Wildman–Crippen MR) is 104 cm³/mol. The van der Waals surface area contributed by atoms with E-state index in [1.165, 1.54) is 0 Å². The number of rotatable bonds is 9. The Labute approximate surface area is 168 Å². The van der Waals surface area contributed by atoms with Gasteiger partial charge in [0.15, 0.2) is 13.2 Å². The third-order valence-corrected chi connectivity index (χ3v) is 4.03. The minimum Gasteiger partial charge on any atom is -0.497 e. The number of methoxy groups -OCH3 is 2. The standard InChI is InChI=1S/C20H22ClNO6/c1-13(17-10-15(25-2)7-8-18(17)26-3)22-19(23)11-28-20(24)12-27-16-6-4-5-14(21)9-16/h4-10,13H,11-12H2,1-3H3,(H,22,23). The van der Waals surface area contributed by atoms with Crippen molar-refractivity contribution in [2.24, 2.45) is 0 Å². The zero-order chi connectivity index (χ0) is 20.5. The maximum Gasteiger partial charge on any atom is 0.344 e. The molecule has 0 aliphatic carbocycles. The van der Waals surface area contributed by atoms with Crippen molar-refractivity contribution in [3.63, 3.8) is 0 Å². The molecule has 2 aromatic rings. The highest BCUT2D eigenvalue weighted by Gasteiger charge is 2.16. The summed E-state index contributed by atoms with van der Waals surface area (Å²) in [7, 11) is 3.10. The van der Waals surface area contributed by atoms with Crippen molar-refractivity contribution in [2.75, 3.05) is 27.4 Å². The van der Waals surface area contributed by atoms with Crippen LogP contribution in [0.15, 0.2) is 42.5 Å². The number of hydrogen-bond acceptors (Lipinski definition) is 6. The van der Waals surface area contributed by atoms with Gasteiger partial charge in [-0.25, -0.2) is 4.79 Å². The molecule has 28 heavy (non-hydrogen) atoms. The van der Waals surface area contributed by atoms with E-state index < -0.39 is 18.5 Å². The molecule has 0 aromatic heterocycles. The molecular formula is C20H22ClNO6. The molecule has 7 nitrogen and oxygen atoms in total. The highest BCUT2D eigenvalue weighted by atomic mass is 35.5. The van der Waals surface area contributed by atoms with E-state index in [0.717, 1.165) is 5.56 Å². The van der Waals surface area contributed by atoms with E-state index >= 15 is 0 Å². The highest BCUT2D eigenvalue weighted by Crippen LogP contribution is 2.29. The van der Waals surface area contributed by atoms with Crippen LogP contribution >= 0.6 is 11.6 Å². The lowest BCUT2D eigenvalue weighted by Gasteiger charge is -2.18. The van der Waals surface area contributed by atoms with E-state index in [-0.39, 0.29) is 12.6 Å². The van der Waals surface area contributed by atoms with Gasteiger partial charge in [-0.3, -0.25) is 4.79 Å². The number of nitrogens with one attached hydrogen (secondary N) is 1. The van der Waals surface area contributed by atoms with Crippen molar-refractivity contribution in [3.8, 4) is 17.2 Å². The maximum absolute atomic E-state index is 12.1. The first kappa shape index (κ1) is 21.4. The average molecular weight is 408 g/mol. The maximum atomic E-state index is 12.1. The molecule has 0 saturated carbocycles. The van der Waals surface area contributed by atoms with Crippen LogP contribution in [-0.2, 0) is 14.3 Å². The van der Waals surface area contributed by atoms with E-state index in [1.807, 2.05) is 0 Å². The van der Waals surface area contributed by atoms with E-state index in [4.69, 9.17) is 30.5 Å². The Morgan fingerprint density at radius 2 is 1.82 bits per heavy atom. The molecule has 1 atom stereocenters. The summed E-state index contributed by atoms with van der Waals surface area (Å²) in [5, 5.41) is 3.24. The summed E-state index contributed by atoms with van der Waals surface area (Å²) in [5.74, 6) is 0.574. The second-order valence-corrected chi connectivity index (χ2v) is 6.24. The van der Waals surface area contributed by atoms with Crippen molar-refractivity contribution in [1.29, 1.82) is 0 Å². The van der Waals surface area contributed by atoms with Gasteiger partial charge in [0.05, 0.1) is 20.3 Å². The number of benzene rings is 2. The van der Waals surface area contributed by atoms with Crippen LogP contribution in [0.3, 0.4) is 0 Å². The number of carbonyl (C=O) groups is 2. The number of amides is 1. The lowest BCUT2D eigenvalue weighted by atomic mass is 10.1. The van der Waals surface area contributed by atoms with Gasteiger partial charge < -0.3 is 24.3 Å². The van der Waals surface area contributed by atoms with Crippen molar-refractivity contribution in [3.05, 3.63) is 53.1 Å². The first-order valence-corrected chi connectivity index (χ1v) is 8.86. The quantitative estimate of drug-likeness (QED) is 0.643. The Kier molecular flexibility index (Phi) is 7.95. The minimum atomic E-state index is -0.665. The summed E-state index contributed by atoms with van der Waals surface area (Å²) >= 11 is 5.84. The Balaban J connectivity index is 1.82. The molecule has 8 heteroatoms. The molecule has 1 unspecified atom stereocenters. The summed E-state index contributed by atoms with van der Waals surface area (Å²) < 4.78 is 20.7. The smallest absolute Gasteiger partial charge is 0.344 e. The van der Waals surface area contributed by atoms with E-state index in [9.17, 15) is 9.59 Å². The molecule has 0 radical (unpaired) electrons. The second kappa shape index (κ2) is 10.4. The summed E-state index contributed by atoms with van der Waals surface area (Å²) in [6.45, 7) is 1.04. The van der Waals surface area contributed by atoms with Crippen LogP contribution in [0.2, 0.25) is 5.02 Å². The van der Waals surface area contributed by atoms with Crippen molar-refractivity contribution in [2.45, 2.75) is 13.0 Å². The van der Waals surface area contributed by atoms with E-state index in [1.54, 1.807) is 63.6 Å². The fraction of sp³-hybridized carbons (Fsp3) is 0.300. The summed E-state index contributed by atoms with van der Waals surface area (Å²) in [6, 6.07) is 11.5. The van der Waals surface area contributed by atoms with E-state index in [0.29, 0.717) is 22.3 Å². The van der Waals surface area contributed by atoms with Crippen LogP contribution in [0.25, 0.3) is 0 Å². The zero-order valence-electron chi connectivity index (χ0n) is 15.9. The van der Waals surface area contributed by atoms with Crippen LogP contribution in [0.4, 0.5) is 0 Å². The van der Waals surface area contributed by atoms with Gasteiger partial charge in [-0.1, -0.05) is 17.7 Å². The Morgan fingerprint density at radius 3 is 2.50 bits per heavy atom. The van der Waals surface area contributed by atoms with Gasteiger partial charge in [-0.15, -0.1) is 0 Å². The van der Waals surface area contributed by atoms with Gasteiger partial charge in [0.1, 0.15) is 17.2 Å². The first-order valence-electron chi connectivity index (χ1n) is 8.48. The number of hydrogen-bond donors (Lipinski definition) is 1. The van der Waals surface area contributed by atoms with Gasteiger partial charge in [0, 0.05) is 10.6 Å². The number of esters is 1. The Morgan fingerprint density at radius 1 is 1.04 bits per heavy atom. The van der Waals surface area contributed by atoms with Crippen LogP contribution in [0.1, 0.15) is 18.5 Å². The Bertz CT molecular complexity index is 826. The molecule has 0 heterocycles. The first-order chi connectivity index (χ1) is 13.4. The second-order valence-electron chi connectivity index (χ2n) is 5.80. The third-order valence-electron chi connectivity index (χ3n) is 3.80. The van der Waals surface area contributed by atoms with Crippen LogP contribution in [-0.4, -0.2) is 39.3 Å². The highest BCUT2D eigenvalue weighted by molar-refractivity contribution is 6.30. The number of ether oxygens (including phenoxy) is 4. The minimum absolute atomic E-state index is 0.327. The normalized spacial score (nSPS) is 11.3. The SMILES string of the molecule is COc1ccc(OC)c(C(C)NC(=O)COC(=O)COc2cccc(Cl)c2)c1. The third kappa shape index (κ3) is 6.35. The number of carbonyl (C=O) groups excluding carboxylic acids is 2. The monoisotopic (exact) mass is 407 g/mol. The van der Waals surface area contributed by atoms with Crippen LogP contribution < -0.4 is 19.5 Å². The molecule has 150 valence electrons. The molecular weight excluding hydrogens is 386 g/mol. The van der Waals surface area contributed by atoms with Crippen LogP contribution in [0.5, 0.6) is 17.2 Å². The molecule has 0 spiro atoms. The lowest BCUT2D eigenvalue weighted by Crippen LogP contribution is -2.32. The van der Waals surface area contributed by atoms with Crippen molar-refractivity contribution < 1.29 is 28.5 Å². The molecule has 1 amide bonds. The number of halogens is 1. The summed E-state index contributed by atoms with van der Waals surface area (Å²) in [6.07, 6.45) is 0. The van der Waals surface area contributed by atoms with E-state index in [2.05, 4.69) is 5.32 Å². The largest absolute Gasteiger partial charge is 0.497 e. The van der Waals surface area contributed by atoms with Gasteiger partial charge >= 0.3 is 5.97 Å². The van der Waals surface area contributed by atoms with Crippen molar-refractivity contribution >= 4 is 23.5 Å². The fourth-order valence-electron chi connectivity index (χ4n) is 2.43. The lowest BCUT2D eigenvalue weighted by molar-refractivity contribution is -0.150. The summed E-state index contributed by atoms with van der Waals surface area (Å²) in [4.78, 5) is 23.8. The summed E-state index contributed by atoms with van der Waals surface area (Å²) in [5.41, 5.74) is 0.741. The predicted octanol–water partition coefficient (Wildman–Crippen LogP) is 3.16. The zero-order valence-corrected chi connectivity index (χ0v) is 16.6. The molecule has 0 bridgehead atoms. The molecule has 1 N–H and O–H groups in total. The van der Waals surface area contributed by atoms with Gasteiger partial charge in [0.2, 0.25) is 0 Å². The molecule has 0 aliphatic rings. The van der Waals surface area contributed by atoms with Gasteiger partial charge in [-0.2, -0.15) is 0 Å². The average Bonchev–Trinajstić information content (AvgIpc) is 2.70. The van der Waals surface area contributed by atoms with Crippen LogP contribution in [0, 0.1) is 0 Å². The molecule has 0 fully saturated rings. The fourth-order valence-corrected chi connectivity index (χ4v) is 2.61. The van der Waals surface area contributed by atoms with Gasteiger partial charge in [0.25, 0.3) is 5.91 Å². The molecule has 0 saturated heterocycles. The molecule has 2 rings (SSSR count). The molecule has 0 aliphatic heterocycles. The topological polar surface area (TPSA) is 83.1 Å². The Hall–Kier alpha value is -2.93. The molecule has 2 aromatic carbocycles. The van der Waals surface area contributed by atoms with Crippen molar-refractivity contribution in [1.82, 2.24) is 5.32 Å². The van der Waals surface area contributed by atoms with Gasteiger partial charge in [-0.05, 0) is 43.3 Å².